The Labute approximate surface area is 210 Å². The number of oxazole rings is 1. The topological polar surface area (TPSA) is 144 Å². The highest BCUT2D eigenvalue weighted by molar-refractivity contribution is 6.04. The molecule has 3 rings (SSSR count). The van der Waals surface area contributed by atoms with Crippen LogP contribution in [0, 0.1) is 11.3 Å². The molecule has 0 spiro atoms. The van der Waals surface area contributed by atoms with Gasteiger partial charge in [0.2, 0.25) is 11.7 Å². The average molecular weight is 518 g/mol. The quantitative estimate of drug-likeness (QED) is 0.312. The number of benzene rings is 1. The number of anilines is 1. The van der Waals surface area contributed by atoms with Crippen molar-refractivity contribution in [2.45, 2.75) is 45.4 Å². The summed E-state index contributed by atoms with van der Waals surface area (Å²) in [5.74, 6) is -3.01. The zero-order valence-electron chi connectivity index (χ0n) is 20.3. The molecule has 2 amide bonds. The lowest BCUT2D eigenvalue weighted by molar-refractivity contribution is -0.153. The Bertz CT molecular complexity index is 1270. The molecule has 4 N–H and O–H groups in total. The standard InChI is InChI=1S/C25H26F3N5O4/c1-14(12-24(2,3)37-23(30)35)11-17(29)18-10-9-16(13-31-18)32-21(34)19-20(25(26,27)28)36-22(33-19)15-7-5-4-6-8-15/h4-10,13-14,29H,11-12H2,1-3H3,(H2,30,35)(H,32,34)/t14-/m0/s1. The zero-order chi connectivity index (χ0) is 27.4. The van der Waals surface area contributed by atoms with Crippen LogP contribution in [0.1, 0.15) is 55.6 Å². The van der Waals surface area contributed by atoms with Gasteiger partial charge in [0.25, 0.3) is 5.91 Å². The Morgan fingerprint density at radius 1 is 1.16 bits per heavy atom. The van der Waals surface area contributed by atoms with Crippen molar-refractivity contribution >= 4 is 23.4 Å². The third-order valence-corrected chi connectivity index (χ3v) is 5.22. The Hall–Kier alpha value is -4.22. The number of rotatable bonds is 9. The van der Waals surface area contributed by atoms with Crippen LogP contribution < -0.4 is 11.1 Å². The maximum atomic E-state index is 13.5. The SMILES string of the molecule is C[C@@H](CC(=N)c1ccc(NC(=O)c2nc(-c3ccccc3)oc2C(F)(F)F)cn1)CC(C)(C)OC(N)=O. The maximum Gasteiger partial charge on any atom is 0.452 e. The van der Waals surface area contributed by atoms with Gasteiger partial charge < -0.3 is 25.6 Å². The molecule has 2 heterocycles. The highest BCUT2D eigenvalue weighted by atomic mass is 19.4. The van der Waals surface area contributed by atoms with Crippen molar-refractivity contribution < 1.29 is 31.9 Å². The Kier molecular flexibility index (Phi) is 7.99. The van der Waals surface area contributed by atoms with Crippen molar-refractivity contribution in [1.82, 2.24) is 9.97 Å². The zero-order valence-corrected chi connectivity index (χ0v) is 20.3. The molecule has 0 fully saturated rings. The van der Waals surface area contributed by atoms with E-state index in [0.717, 1.165) is 0 Å². The van der Waals surface area contributed by atoms with E-state index in [1.807, 2.05) is 6.92 Å². The summed E-state index contributed by atoms with van der Waals surface area (Å²) in [6.07, 6.45) is -3.80. The van der Waals surface area contributed by atoms with Crippen LogP contribution in [0.2, 0.25) is 0 Å². The summed E-state index contributed by atoms with van der Waals surface area (Å²) in [6.45, 7) is 5.32. The number of carbonyl (C=O) groups excluding carboxylic acids is 2. The van der Waals surface area contributed by atoms with Gasteiger partial charge in [-0.05, 0) is 56.9 Å². The van der Waals surface area contributed by atoms with E-state index in [-0.39, 0.29) is 28.8 Å². The minimum atomic E-state index is -4.93. The number of pyridine rings is 1. The van der Waals surface area contributed by atoms with Crippen LogP contribution in [0.5, 0.6) is 0 Å². The second-order valence-corrected chi connectivity index (χ2v) is 9.12. The second kappa shape index (κ2) is 10.8. The molecule has 9 nitrogen and oxygen atoms in total. The van der Waals surface area contributed by atoms with Gasteiger partial charge in [0.15, 0.2) is 5.69 Å². The number of nitrogens with one attached hydrogen (secondary N) is 2. The molecule has 0 saturated carbocycles. The van der Waals surface area contributed by atoms with Crippen LogP contribution in [0.3, 0.4) is 0 Å². The molecule has 0 radical (unpaired) electrons. The number of primary amides is 1. The minimum Gasteiger partial charge on any atom is -0.444 e. The summed E-state index contributed by atoms with van der Waals surface area (Å²) in [4.78, 5) is 31.6. The van der Waals surface area contributed by atoms with Crippen LogP contribution >= 0.6 is 0 Å². The lowest BCUT2D eigenvalue weighted by Crippen LogP contribution is -2.33. The van der Waals surface area contributed by atoms with Gasteiger partial charge in [0, 0.05) is 5.56 Å². The smallest absolute Gasteiger partial charge is 0.444 e. The number of nitrogens with two attached hydrogens (primary N) is 1. The van der Waals surface area contributed by atoms with Crippen LogP contribution in [-0.2, 0) is 10.9 Å². The van der Waals surface area contributed by atoms with E-state index in [1.165, 1.54) is 30.5 Å². The van der Waals surface area contributed by atoms with Gasteiger partial charge in [-0.15, -0.1) is 0 Å². The van der Waals surface area contributed by atoms with E-state index in [2.05, 4.69) is 15.3 Å². The summed E-state index contributed by atoms with van der Waals surface area (Å²) >= 11 is 0. The van der Waals surface area contributed by atoms with Crippen molar-refractivity contribution in [2.75, 3.05) is 5.32 Å². The molecule has 3 aromatic rings. The number of ether oxygens (including phenoxy) is 1. The van der Waals surface area contributed by atoms with Gasteiger partial charge in [0.1, 0.15) is 5.60 Å². The van der Waals surface area contributed by atoms with Crippen molar-refractivity contribution in [3.8, 4) is 11.5 Å². The monoisotopic (exact) mass is 517 g/mol. The van der Waals surface area contributed by atoms with E-state index in [1.54, 1.807) is 32.0 Å². The fourth-order valence-electron chi connectivity index (χ4n) is 3.89. The molecule has 37 heavy (non-hydrogen) atoms. The molecule has 0 bridgehead atoms. The lowest BCUT2D eigenvalue weighted by atomic mass is 9.90. The first kappa shape index (κ1) is 27.4. The van der Waals surface area contributed by atoms with E-state index in [9.17, 15) is 22.8 Å². The summed E-state index contributed by atoms with van der Waals surface area (Å²) in [5, 5.41) is 10.6. The van der Waals surface area contributed by atoms with Crippen LogP contribution in [0.4, 0.5) is 23.7 Å². The van der Waals surface area contributed by atoms with Gasteiger partial charge in [-0.2, -0.15) is 13.2 Å². The summed E-state index contributed by atoms with van der Waals surface area (Å²) in [6, 6.07) is 10.8. The lowest BCUT2D eigenvalue weighted by Gasteiger charge is -2.27. The van der Waals surface area contributed by atoms with Crippen molar-refractivity contribution in [3.63, 3.8) is 0 Å². The van der Waals surface area contributed by atoms with E-state index in [4.69, 9.17) is 20.3 Å². The number of halogens is 3. The molecule has 0 aliphatic carbocycles. The predicted octanol–water partition coefficient (Wildman–Crippen LogP) is 5.67. The van der Waals surface area contributed by atoms with Crippen LogP contribution in [0.25, 0.3) is 11.5 Å². The molecule has 0 unspecified atom stereocenters. The van der Waals surface area contributed by atoms with Crippen LogP contribution in [-0.4, -0.2) is 33.3 Å². The first-order valence-electron chi connectivity index (χ1n) is 11.2. The van der Waals surface area contributed by atoms with Gasteiger partial charge in [-0.1, -0.05) is 25.1 Å². The number of aromatic nitrogens is 2. The average Bonchev–Trinajstić information content (AvgIpc) is 3.25. The highest BCUT2D eigenvalue weighted by Gasteiger charge is 2.42. The van der Waals surface area contributed by atoms with Crippen molar-refractivity contribution in [1.29, 1.82) is 5.41 Å². The Balaban J connectivity index is 1.70. The summed E-state index contributed by atoms with van der Waals surface area (Å²) in [5.41, 5.74) is 4.30. The number of hydrogen-bond acceptors (Lipinski definition) is 7. The van der Waals surface area contributed by atoms with E-state index < -0.39 is 35.2 Å². The highest BCUT2D eigenvalue weighted by Crippen LogP contribution is 2.35. The normalized spacial score (nSPS) is 12.6. The van der Waals surface area contributed by atoms with Crippen LogP contribution in [0.15, 0.2) is 53.1 Å². The van der Waals surface area contributed by atoms with E-state index >= 15 is 0 Å². The van der Waals surface area contributed by atoms with E-state index in [0.29, 0.717) is 18.5 Å². The molecule has 2 aromatic heterocycles. The minimum absolute atomic E-state index is 0.0465. The summed E-state index contributed by atoms with van der Waals surface area (Å²) < 4.78 is 50.5. The largest absolute Gasteiger partial charge is 0.452 e. The fraction of sp³-hybridized carbons (Fsp3) is 0.320. The predicted molar refractivity (Wildman–Crippen MR) is 129 cm³/mol. The second-order valence-electron chi connectivity index (χ2n) is 9.12. The van der Waals surface area contributed by atoms with Gasteiger partial charge in [-0.3, -0.25) is 9.78 Å². The number of carbonyl (C=O) groups is 2. The first-order chi connectivity index (χ1) is 17.2. The van der Waals surface area contributed by atoms with Gasteiger partial charge in [-0.25, -0.2) is 9.78 Å². The number of alkyl halides is 3. The Morgan fingerprint density at radius 3 is 2.41 bits per heavy atom. The molecule has 0 saturated heterocycles. The third kappa shape index (κ3) is 7.38. The van der Waals surface area contributed by atoms with Crippen molar-refractivity contribution in [3.05, 3.63) is 65.8 Å². The fourth-order valence-corrected chi connectivity index (χ4v) is 3.89. The Morgan fingerprint density at radius 2 is 1.84 bits per heavy atom. The molecular weight excluding hydrogens is 491 g/mol. The number of hydrogen-bond donors (Lipinski definition) is 3. The first-order valence-corrected chi connectivity index (χ1v) is 11.2. The maximum absolute atomic E-state index is 13.5. The molecular formula is C25H26F3N5O4. The molecule has 0 aliphatic rings. The summed E-state index contributed by atoms with van der Waals surface area (Å²) in [7, 11) is 0. The van der Waals surface area contributed by atoms with Gasteiger partial charge in [0.05, 0.1) is 23.3 Å². The molecule has 12 heteroatoms. The third-order valence-electron chi connectivity index (χ3n) is 5.22. The molecule has 1 aromatic carbocycles. The van der Waals surface area contributed by atoms with Gasteiger partial charge >= 0.3 is 12.3 Å². The molecule has 1 atom stereocenters. The molecule has 196 valence electrons. The number of amides is 2. The molecule has 0 aliphatic heterocycles. The van der Waals surface area contributed by atoms with Crippen molar-refractivity contribution in [2.24, 2.45) is 11.7 Å². The number of nitrogens with zero attached hydrogens (tertiary/aromatic N) is 2.